The fourth-order valence-electron chi connectivity index (χ4n) is 4.98. The molecule has 0 N–H and O–H groups in total. The molecule has 0 saturated carbocycles. The zero-order chi connectivity index (χ0) is 28.3. The lowest BCUT2D eigenvalue weighted by molar-refractivity contribution is 0.0466. The second-order valence-corrected chi connectivity index (χ2v) is 10.4. The molecule has 0 aliphatic heterocycles. The van der Waals surface area contributed by atoms with E-state index >= 15 is 4.39 Å². The topological polar surface area (TPSA) is 18.5 Å². The van der Waals surface area contributed by atoms with E-state index in [1.807, 2.05) is 42.5 Å². The number of allylic oxidation sites excluding steroid dienone is 2. The van der Waals surface area contributed by atoms with E-state index in [1.54, 1.807) is 18.2 Å². The van der Waals surface area contributed by atoms with Crippen molar-refractivity contribution in [3.8, 4) is 16.9 Å². The molecule has 0 saturated heterocycles. The van der Waals surface area contributed by atoms with Crippen LogP contribution in [-0.2, 0) is 17.6 Å². The molecule has 0 spiro atoms. The quantitative estimate of drug-likeness (QED) is 0.147. The molecule has 1 unspecified atom stereocenters. The maximum Gasteiger partial charge on any atom is 0.166 e. The second kappa shape index (κ2) is 14.9. The zero-order valence-corrected chi connectivity index (χ0v) is 23.4. The highest BCUT2D eigenvalue weighted by Crippen LogP contribution is 2.32. The van der Waals surface area contributed by atoms with Gasteiger partial charge in [-0.25, -0.2) is 13.2 Å². The SMILES string of the molecule is C=CCCCOc1ccc(-c2ccc(CCc3ccc(C4=CCC(OCCCC)CC4)c(F)c3F)cc2)cc1F. The van der Waals surface area contributed by atoms with Gasteiger partial charge in [0.05, 0.1) is 12.7 Å². The third-order valence-electron chi connectivity index (χ3n) is 7.43. The van der Waals surface area contributed by atoms with Crippen molar-refractivity contribution in [3.63, 3.8) is 0 Å². The highest BCUT2D eigenvalue weighted by atomic mass is 19.2. The van der Waals surface area contributed by atoms with Gasteiger partial charge in [0.2, 0.25) is 0 Å². The Morgan fingerprint density at radius 3 is 2.40 bits per heavy atom. The molecule has 0 radical (unpaired) electrons. The van der Waals surface area contributed by atoms with Crippen LogP contribution in [0.2, 0.25) is 0 Å². The largest absolute Gasteiger partial charge is 0.491 e. The Hall–Kier alpha value is -3.31. The minimum absolute atomic E-state index is 0.165. The highest BCUT2D eigenvalue weighted by molar-refractivity contribution is 5.67. The fraction of sp³-hybridized carbons (Fsp3) is 0.371. The normalized spacial score (nSPS) is 15.1. The van der Waals surface area contributed by atoms with E-state index in [1.165, 1.54) is 6.07 Å². The predicted octanol–water partition coefficient (Wildman–Crippen LogP) is 9.65. The Morgan fingerprint density at radius 2 is 1.70 bits per heavy atom. The van der Waals surface area contributed by atoms with E-state index in [9.17, 15) is 8.78 Å². The van der Waals surface area contributed by atoms with Crippen LogP contribution in [0.25, 0.3) is 16.7 Å². The lowest BCUT2D eigenvalue weighted by Gasteiger charge is -2.23. The van der Waals surface area contributed by atoms with Crippen LogP contribution in [0.15, 0.2) is 73.3 Å². The average molecular weight is 549 g/mol. The Balaban J connectivity index is 1.34. The van der Waals surface area contributed by atoms with Gasteiger partial charge in [0.1, 0.15) is 0 Å². The van der Waals surface area contributed by atoms with Gasteiger partial charge in [0.25, 0.3) is 0 Å². The summed E-state index contributed by atoms with van der Waals surface area (Å²) in [6.07, 6.45) is 10.9. The van der Waals surface area contributed by atoms with Crippen molar-refractivity contribution in [3.05, 3.63) is 107 Å². The van der Waals surface area contributed by atoms with E-state index < -0.39 is 17.5 Å². The van der Waals surface area contributed by atoms with Crippen LogP contribution < -0.4 is 4.74 Å². The number of halogens is 3. The Bertz CT molecular complexity index is 1300. The first-order valence-corrected chi connectivity index (χ1v) is 14.4. The second-order valence-electron chi connectivity index (χ2n) is 10.4. The molecule has 0 amide bonds. The lowest BCUT2D eigenvalue weighted by atomic mass is 9.90. The van der Waals surface area contributed by atoms with Crippen molar-refractivity contribution < 1.29 is 22.6 Å². The fourth-order valence-corrected chi connectivity index (χ4v) is 4.98. The molecule has 5 heteroatoms. The van der Waals surface area contributed by atoms with Crippen LogP contribution >= 0.6 is 0 Å². The van der Waals surface area contributed by atoms with E-state index in [0.29, 0.717) is 37.0 Å². The van der Waals surface area contributed by atoms with Gasteiger partial charge in [-0.1, -0.05) is 68.0 Å². The zero-order valence-electron chi connectivity index (χ0n) is 23.4. The molecule has 3 aromatic rings. The molecule has 212 valence electrons. The summed E-state index contributed by atoms with van der Waals surface area (Å²) in [5.41, 5.74) is 4.21. The van der Waals surface area contributed by atoms with Crippen LogP contribution in [-0.4, -0.2) is 19.3 Å². The van der Waals surface area contributed by atoms with Crippen LogP contribution in [0, 0.1) is 17.5 Å². The van der Waals surface area contributed by atoms with Crippen LogP contribution in [0.5, 0.6) is 5.75 Å². The molecule has 40 heavy (non-hydrogen) atoms. The number of unbranched alkanes of at least 4 members (excludes halogenated alkanes) is 2. The van der Waals surface area contributed by atoms with Crippen molar-refractivity contribution >= 4 is 5.57 Å². The number of benzene rings is 3. The van der Waals surface area contributed by atoms with E-state index in [4.69, 9.17) is 9.47 Å². The maximum absolute atomic E-state index is 15.0. The standard InChI is InChI=1S/C35H39F3O2/c1-3-5-7-23-40-33-21-17-29(24-32(33)36)26-11-8-25(9-12-26)10-13-28-16-20-31(35(38)34(28)37)27-14-18-30(19-15-27)39-22-6-4-2/h3,8-9,11-12,14,16-17,20-21,24,30H,1,4-7,10,13,15,18-19,22-23H2,2H3. The van der Waals surface area contributed by atoms with E-state index in [0.717, 1.165) is 67.4 Å². The molecule has 0 aromatic heterocycles. The minimum atomic E-state index is -0.765. The molecular weight excluding hydrogens is 509 g/mol. The van der Waals surface area contributed by atoms with Crippen LogP contribution in [0.4, 0.5) is 13.2 Å². The van der Waals surface area contributed by atoms with Gasteiger partial charge < -0.3 is 9.47 Å². The highest BCUT2D eigenvalue weighted by Gasteiger charge is 2.21. The van der Waals surface area contributed by atoms with E-state index in [2.05, 4.69) is 13.5 Å². The van der Waals surface area contributed by atoms with Gasteiger partial charge in [-0.2, -0.15) is 0 Å². The number of rotatable bonds is 14. The summed E-state index contributed by atoms with van der Waals surface area (Å²) in [4.78, 5) is 0. The summed E-state index contributed by atoms with van der Waals surface area (Å²) in [7, 11) is 0. The third-order valence-corrected chi connectivity index (χ3v) is 7.43. The summed E-state index contributed by atoms with van der Waals surface area (Å²) in [6, 6.07) is 16.1. The van der Waals surface area contributed by atoms with Crippen LogP contribution in [0.1, 0.15) is 68.6 Å². The lowest BCUT2D eigenvalue weighted by Crippen LogP contribution is -2.16. The molecule has 4 rings (SSSR count). The number of hydrogen-bond donors (Lipinski definition) is 0. The molecule has 1 atom stereocenters. The third kappa shape index (κ3) is 7.88. The summed E-state index contributed by atoms with van der Waals surface area (Å²) in [5.74, 6) is -1.69. The van der Waals surface area contributed by atoms with E-state index in [-0.39, 0.29) is 11.9 Å². The Morgan fingerprint density at radius 1 is 0.900 bits per heavy atom. The van der Waals surface area contributed by atoms with Crippen LogP contribution in [0.3, 0.4) is 0 Å². The van der Waals surface area contributed by atoms with Crippen molar-refractivity contribution in [1.82, 2.24) is 0 Å². The molecule has 3 aromatic carbocycles. The number of aryl methyl sites for hydroxylation is 2. The molecule has 0 fully saturated rings. The molecule has 0 heterocycles. The van der Waals surface area contributed by atoms with Gasteiger partial charge in [0, 0.05) is 12.2 Å². The number of hydrogen-bond acceptors (Lipinski definition) is 2. The first-order chi connectivity index (χ1) is 19.5. The molecule has 0 bridgehead atoms. The molecule has 1 aliphatic carbocycles. The first-order valence-electron chi connectivity index (χ1n) is 14.4. The summed E-state index contributed by atoms with van der Waals surface area (Å²) in [5, 5.41) is 0. The molecular formula is C35H39F3O2. The maximum atomic E-state index is 15.0. The summed E-state index contributed by atoms with van der Waals surface area (Å²) in [6.45, 7) is 7.00. The van der Waals surface area contributed by atoms with Crippen molar-refractivity contribution in [1.29, 1.82) is 0 Å². The molecule has 2 nitrogen and oxygen atoms in total. The summed E-state index contributed by atoms with van der Waals surface area (Å²) < 4.78 is 55.9. The van der Waals surface area contributed by atoms with Crippen molar-refractivity contribution in [2.75, 3.05) is 13.2 Å². The smallest absolute Gasteiger partial charge is 0.166 e. The van der Waals surface area contributed by atoms with Gasteiger partial charge in [-0.3, -0.25) is 0 Å². The molecule has 1 aliphatic rings. The van der Waals surface area contributed by atoms with Gasteiger partial charge >= 0.3 is 0 Å². The first kappa shape index (κ1) is 29.7. The Labute approximate surface area is 236 Å². The summed E-state index contributed by atoms with van der Waals surface area (Å²) >= 11 is 0. The van der Waals surface area contributed by atoms with Crippen molar-refractivity contribution in [2.45, 2.75) is 70.8 Å². The predicted molar refractivity (Wildman–Crippen MR) is 157 cm³/mol. The van der Waals surface area contributed by atoms with Crippen molar-refractivity contribution in [2.24, 2.45) is 0 Å². The number of ether oxygens (including phenoxy) is 2. The minimum Gasteiger partial charge on any atom is -0.491 e. The van der Waals surface area contributed by atoms with Gasteiger partial charge in [-0.15, -0.1) is 6.58 Å². The Kier molecular flexibility index (Phi) is 11.1. The van der Waals surface area contributed by atoms with Gasteiger partial charge in [-0.05, 0) is 91.3 Å². The monoisotopic (exact) mass is 548 g/mol. The van der Waals surface area contributed by atoms with Gasteiger partial charge in [0.15, 0.2) is 23.2 Å². The average Bonchev–Trinajstić information content (AvgIpc) is 2.98.